The van der Waals surface area contributed by atoms with Crippen LogP contribution in [0, 0.1) is 11.8 Å². The number of hydrogen-bond donors (Lipinski definition) is 1. The third kappa shape index (κ3) is 6.66. The molecule has 1 aromatic heterocycles. The first kappa shape index (κ1) is 25.3. The molecule has 2 heterocycles. The van der Waals surface area contributed by atoms with Crippen LogP contribution in [0.5, 0.6) is 5.75 Å². The highest BCUT2D eigenvalue weighted by molar-refractivity contribution is 5.94. The average molecular weight is 478 g/mol. The molecule has 5 nitrogen and oxygen atoms in total. The van der Waals surface area contributed by atoms with E-state index in [9.17, 15) is 9.90 Å². The normalized spacial score (nSPS) is 18.7. The van der Waals surface area contributed by atoms with Crippen LogP contribution in [0.2, 0.25) is 0 Å². The molecule has 0 unspecified atom stereocenters. The number of piperidine rings is 1. The lowest BCUT2D eigenvalue weighted by Gasteiger charge is -2.34. The van der Waals surface area contributed by atoms with Crippen molar-refractivity contribution in [3.8, 4) is 5.75 Å². The Balaban J connectivity index is 1.38. The molecule has 0 amide bonds. The number of carboxylic acids is 1. The minimum absolute atomic E-state index is 0.291. The number of hydrogen-bond acceptors (Lipinski definition) is 4. The van der Waals surface area contributed by atoms with Gasteiger partial charge in [-0.2, -0.15) is 0 Å². The van der Waals surface area contributed by atoms with Gasteiger partial charge in [0, 0.05) is 43.4 Å². The van der Waals surface area contributed by atoms with Crippen LogP contribution in [0.25, 0.3) is 11.0 Å². The molecule has 1 aliphatic heterocycles. The lowest BCUT2D eigenvalue weighted by atomic mass is 9.92. The summed E-state index contributed by atoms with van der Waals surface area (Å²) in [6, 6.07) is 13.4. The number of nitrogens with zero attached hydrogens (tertiary/aromatic N) is 1. The molecular formula is C30H39NO4. The standard InChI is InChI=1S/C30H39NO4/c1-4-5-7-28-26(27-18-24(30(32)33)10-13-29(27)35-28)17-23-8-11-25(12-9-23)34-15-6-14-31-19-21(2)16-22(3)20-31/h8-13,18,21-22H,4-7,14-17,19-20H2,1-3H3,(H,32,33)/t21-,22+. The van der Waals surface area contributed by atoms with Crippen molar-refractivity contribution in [1.82, 2.24) is 4.90 Å². The van der Waals surface area contributed by atoms with Gasteiger partial charge in [-0.05, 0) is 67.0 Å². The van der Waals surface area contributed by atoms with E-state index in [-0.39, 0.29) is 0 Å². The Morgan fingerprint density at radius 2 is 1.83 bits per heavy atom. The number of carboxylic acid groups (broad SMARTS) is 1. The molecule has 0 spiro atoms. The van der Waals surface area contributed by atoms with Crippen molar-refractivity contribution in [2.24, 2.45) is 11.8 Å². The molecule has 1 saturated heterocycles. The molecule has 1 aliphatic rings. The average Bonchev–Trinajstić information content (AvgIpc) is 3.17. The van der Waals surface area contributed by atoms with Crippen molar-refractivity contribution in [2.45, 2.75) is 59.3 Å². The molecule has 4 rings (SSSR count). The molecule has 35 heavy (non-hydrogen) atoms. The summed E-state index contributed by atoms with van der Waals surface area (Å²) in [5.41, 5.74) is 3.30. The van der Waals surface area contributed by atoms with Gasteiger partial charge in [-0.3, -0.25) is 0 Å². The van der Waals surface area contributed by atoms with Crippen LogP contribution >= 0.6 is 0 Å². The summed E-state index contributed by atoms with van der Waals surface area (Å²) in [6.07, 6.45) is 6.07. The molecule has 0 bridgehead atoms. The van der Waals surface area contributed by atoms with Crippen LogP contribution in [-0.2, 0) is 12.8 Å². The maximum atomic E-state index is 11.5. The number of ether oxygens (including phenoxy) is 1. The van der Waals surface area contributed by atoms with Crippen molar-refractivity contribution < 1.29 is 19.1 Å². The van der Waals surface area contributed by atoms with E-state index < -0.39 is 5.97 Å². The summed E-state index contributed by atoms with van der Waals surface area (Å²) in [6.45, 7) is 11.1. The highest BCUT2D eigenvalue weighted by atomic mass is 16.5. The summed E-state index contributed by atoms with van der Waals surface area (Å²) in [7, 11) is 0. The third-order valence-electron chi connectivity index (χ3n) is 7.01. The van der Waals surface area contributed by atoms with Gasteiger partial charge in [0.25, 0.3) is 0 Å². The monoisotopic (exact) mass is 477 g/mol. The van der Waals surface area contributed by atoms with E-state index in [0.717, 1.165) is 84.3 Å². The maximum Gasteiger partial charge on any atom is 0.335 e. The number of likely N-dealkylation sites (tertiary alicyclic amines) is 1. The fraction of sp³-hybridized carbons (Fsp3) is 0.500. The van der Waals surface area contributed by atoms with Crippen LogP contribution in [-0.4, -0.2) is 42.2 Å². The number of rotatable bonds is 11. The van der Waals surface area contributed by atoms with Crippen LogP contribution in [0.15, 0.2) is 46.9 Å². The van der Waals surface area contributed by atoms with E-state index in [0.29, 0.717) is 12.0 Å². The van der Waals surface area contributed by atoms with E-state index in [1.165, 1.54) is 19.5 Å². The van der Waals surface area contributed by atoms with E-state index in [2.05, 4.69) is 37.8 Å². The number of furan rings is 1. The fourth-order valence-electron chi connectivity index (χ4n) is 5.43. The lowest BCUT2D eigenvalue weighted by molar-refractivity contribution is 0.0697. The van der Waals surface area contributed by atoms with Gasteiger partial charge in [0.1, 0.15) is 17.1 Å². The van der Waals surface area contributed by atoms with E-state index in [1.807, 2.05) is 12.1 Å². The molecule has 2 aromatic carbocycles. The Kier molecular flexibility index (Phi) is 8.50. The number of unbranched alkanes of at least 4 members (excludes halogenated alkanes) is 1. The fourth-order valence-corrected chi connectivity index (χ4v) is 5.43. The Morgan fingerprint density at radius 3 is 2.51 bits per heavy atom. The maximum absolute atomic E-state index is 11.5. The molecule has 1 N–H and O–H groups in total. The van der Waals surface area contributed by atoms with Crippen LogP contribution in [0.1, 0.15) is 73.7 Å². The molecule has 3 aromatic rings. The smallest absolute Gasteiger partial charge is 0.335 e. The topological polar surface area (TPSA) is 62.9 Å². The van der Waals surface area contributed by atoms with E-state index >= 15 is 0 Å². The third-order valence-corrected chi connectivity index (χ3v) is 7.01. The zero-order valence-electron chi connectivity index (χ0n) is 21.4. The number of aromatic carboxylic acids is 1. The lowest BCUT2D eigenvalue weighted by Crippen LogP contribution is -2.39. The first-order valence-corrected chi connectivity index (χ1v) is 13.1. The molecule has 0 aliphatic carbocycles. The quantitative estimate of drug-likeness (QED) is 0.307. The number of aryl methyl sites for hydroxylation is 1. The minimum atomic E-state index is -0.917. The molecular weight excluding hydrogens is 438 g/mol. The van der Waals surface area contributed by atoms with Crippen LogP contribution in [0.4, 0.5) is 0 Å². The second kappa shape index (κ2) is 11.8. The predicted octanol–water partition coefficient (Wildman–Crippen LogP) is 6.81. The van der Waals surface area contributed by atoms with Gasteiger partial charge >= 0.3 is 5.97 Å². The van der Waals surface area contributed by atoms with Crippen molar-refractivity contribution in [3.05, 3.63) is 64.9 Å². The number of fused-ring (bicyclic) bond motifs is 1. The summed E-state index contributed by atoms with van der Waals surface area (Å²) in [4.78, 5) is 14.1. The largest absolute Gasteiger partial charge is 0.494 e. The predicted molar refractivity (Wildman–Crippen MR) is 141 cm³/mol. The van der Waals surface area contributed by atoms with Crippen LogP contribution < -0.4 is 4.74 Å². The van der Waals surface area contributed by atoms with Gasteiger partial charge in [-0.25, -0.2) is 4.79 Å². The minimum Gasteiger partial charge on any atom is -0.494 e. The second-order valence-electron chi connectivity index (χ2n) is 10.4. The van der Waals surface area contributed by atoms with Crippen LogP contribution in [0.3, 0.4) is 0 Å². The van der Waals surface area contributed by atoms with Crippen molar-refractivity contribution in [1.29, 1.82) is 0 Å². The van der Waals surface area contributed by atoms with Crippen molar-refractivity contribution in [2.75, 3.05) is 26.2 Å². The number of carbonyl (C=O) groups is 1. The van der Waals surface area contributed by atoms with Crippen molar-refractivity contribution in [3.63, 3.8) is 0 Å². The Morgan fingerprint density at radius 1 is 1.09 bits per heavy atom. The van der Waals surface area contributed by atoms with Gasteiger partial charge in [-0.1, -0.05) is 39.3 Å². The van der Waals surface area contributed by atoms with Gasteiger partial charge in [0.05, 0.1) is 12.2 Å². The van der Waals surface area contributed by atoms with Gasteiger partial charge in [-0.15, -0.1) is 0 Å². The zero-order chi connectivity index (χ0) is 24.8. The van der Waals surface area contributed by atoms with Gasteiger partial charge < -0.3 is 19.2 Å². The Hall–Kier alpha value is -2.79. The molecule has 5 heteroatoms. The summed E-state index contributed by atoms with van der Waals surface area (Å²) >= 11 is 0. The molecule has 1 fully saturated rings. The Bertz CT molecular complexity index is 1110. The molecule has 0 saturated carbocycles. The highest BCUT2D eigenvalue weighted by Gasteiger charge is 2.21. The Labute approximate surface area is 209 Å². The van der Waals surface area contributed by atoms with Crippen molar-refractivity contribution >= 4 is 16.9 Å². The molecule has 2 atom stereocenters. The first-order chi connectivity index (χ1) is 16.9. The highest BCUT2D eigenvalue weighted by Crippen LogP contribution is 2.31. The summed E-state index contributed by atoms with van der Waals surface area (Å²) in [5.74, 6) is 2.52. The molecule has 188 valence electrons. The van der Waals surface area contributed by atoms with Gasteiger partial charge in [0.2, 0.25) is 0 Å². The second-order valence-corrected chi connectivity index (χ2v) is 10.4. The molecule has 0 radical (unpaired) electrons. The summed E-state index contributed by atoms with van der Waals surface area (Å²) < 4.78 is 12.2. The summed E-state index contributed by atoms with van der Waals surface area (Å²) in [5, 5.41) is 10.3. The van der Waals surface area contributed by atoms with Gasteiger partial charge in [0.15, 0.2) is 0 Å². The van der Waals surface area contributed by atoms with E-state index in [4.69, 9.17) is 9.15 Å². The first-order valence-electron chi connectivity index (χ1n) is 13.1. The van der Waals surface area contributed by atoms with E-state index in [1.54, 1.807) is 18.2 Å². The SMILES string of the molecule is CCCCc1oc2ccc(C(=O)O)cc2c1Cc1ccc(OCCCN2C[C@H](C)C[C@H](C)C2)cc1. The number of benzene rings is 2. The zero-order valence-corrected chi connectivity index (χ0v) is 21.4.